The van der Waals surface area contributed by atoms with Crippen molar-refractivity contribution in [2.24, 2.45) is 0 Å². The van der Waals surface area contributed by atoms with Crippen molar-refractivity contribution in [3.05, 3.63) is 18.2 Å². The highest BCUT2D eigenvalue weighted by Gasteiger charge is 2.17. The molecule has 21 heavy (non-hydrogen) atoms. The van der Waals surface area contributed by atoms with Crippen LogP contribution >= 0.6 is 11.3 Å². The summed E-state index contributed by atoms with van der Waals surface area (Å²) >= 11 is 1.24. The van der Waals surface area contributed by atoms with E-state index >= 15 is 0 Å². The molecule has 114 valence electrons. The zero-order chi connectivity index (χ0) is 15.5. The van der Waals surface area contributed by atoms with Gasteiger partial charge in [-0.2, -0.15) is 0 Å². The number of nitrogens with two attached hydrogens (primary N) is 1. The van der Waals surface area contributed by atoms with Crippen LogP contribution in [-0.2, 0) is 19.4 Å². The molecule has 0 bridgehead atoms. The Balaban J connectivity index is 2.04. The lowest BCUT2D eigenvalue weighted by Gasteiger charge is -2.03. The fraction of sp³-hybridized carbons (Fsp3) is 0.333. The molecular weight excluding hydrogens is 314 g/mol. The summed E-state index contributed by atoms with van der Waals surface area (Å²) in [4.78, 5) is 15.9. The summed E-state index contributed by atoms with van der Waals surface area (Å²) in [6, 6.07) is 5.20. The van der Waals surface area contributed by atoms with Gasteiger partial charge in [-0.25, -0.2) is 13.4 Å². The van der Waals surface area contributed by atoms with Crippen molar-refractivity contribution in [2.75, 3.05) is 36.3 Å². The van der Waals surface area contributed by atoms with Crippen molar-refractivity contribution in [3.8, 4) is 0 Å². The molecule has 1 aromatic carbocycles. The van der Waals surface area contributed by atoms with Gasteiger partial charge in [0.15, 0.2) is 15.0 Å². The van der Waals surface area contributed by atoms with Crippen LogP contribution in [0.5, 0.6) is 0 Å². The van der Waals surface area contributed by atoms with Gasteiger partial charge in [0.2, 0.25) is 5.91 Å². The van der Waals surface area contributed by atoms with E-state index in [1.807, 2.05) is 0 Å². The standard InChI is InChI=1S/C12H15N3O4S2/c1-19-4-5-21(17,18)7-11(16)15-12-14-9-3-2-8(13)6-10(9)20-12/h2-3,6H,4-5,7,13H2,1H3,(H,14,15,16). The van der Waals surface area contributed by atoms with Crippen molar-refractivity contribution in [2.45, 2.75) is 0 Å². The lowest BCUT2D eigenvalue weighted by molar-refractivity contribution is -0.113. The molecule has 0 aliphatic carbocycles. The van der Waals surface area contributed by atoms with Crippen molar-refractivity contribution in [1.29, 1.82) is 0 Å². The highest BCUT2D eigenvalue weighted by molar-refractivity contribution is 7.92. The number of carbonyl (C=O) groups excluding carboxylic acids is 1. The lowest BCUT2D eigenvalue weighted by Crippen LogP contribution is -2.26. The van der Waals surface area contributed by atoms with E-state index in [0.29, 0.717) is 16.3 Å². The molecule has 1 aromatic heterocycles. The molecule has 0 fully saturated rings. The Morgan fingerprint density at radius 1 is 1.48 bits per heavy atom. The first kappa shape index (κ1) is 15.7. The Bertz CT molecular complexity index is 755. The number of nitrogens with zero attached hydrogens (tertiary/aromatic N) is 1. The Hall–Kier alpha value is -1.71. The van der Waals surface area contributed by atoms with Crippen LogP contribution < -0.4 is 11.1 Å². The molecule has 1 heterocycles. The molecular formula is C12H15N3O4S2. The molecule has 3 N–H and O–H groups in total. The Morgan fingerprint density at radius 3 is 2.95 bits per heavy atom. The summed E-state index contributed by atoms with van der Waals surface area (Å²) in [5, 5.41) is 2.84. The van der Waals surface area contributed by atoms with E-state index in [0.717, 1.165) is 4.70 Å². The number of carbonyl (C=O) groups is 1. The van der Waals surface area contributed by atoms with Crippen LogP contribution in [0.25, 0.3) is 10.2 Å². The smallest absolute Gasteiger partial charge is 0.241 e. The third-order valence-electron chi connectivity index (χ3n) is 2.61. The summed E-state index contributed by atoms with van der Waals surface area (Å²) < 4.78 is 28.8. The van der Waals surface area contributed by atoms with Crippen LogP contribution in [0.1, 0.15) is 0 Å². The predicted molar refractivity (Wildman–Crippen MR) is 83.2 cm³/mol. The fourth-order valence-corrected chi connectivity index (χ4v) is 3.60. The van der Waals surface area contributed by atoms with Gasteiger partial charge in [0.25, 0.3) is 0 Å². The quantitative estimate of drug-likeness (QED) is 0.761. The van der Waals surface area contributed by atoms with E-state index in [2.05, 4.69) is 10.3 Å². The Labute approximate surface area is 126 Å². The fourth-order valence-electron chi connectivity index (χ4n) is 1.63. The number of amides is 1. The SMILES string of the molecule is COCCS(=O)(=O)CC(=O)Nc1nc2ccc(N)cc2s1. The van der Waals surface area contributed by atoms with Gasteiger partial charge in [-0.3, -0.25) is 4.79 Å². The molecule has 0 aliphatic heterocycles. The van der Waals surface area contributed by atoms with E-state index in [1.165, 1.54) is 18.4 Å². The number of nitrogens with one attached hydrogen (secondary N) is 1. The maximum Gasteiger partial charge on any atom is 0.241 e. The number of rotatable bonds is 6. The molecule has 0 saturated carbocycles. The molecule has 0 atom stereocenters. The van der Waals surface area contributed by atoms with Crippen molar-refractivity contribution in [1.82, 2.24) is 4.98 Å². The number of benzene rings is 1. The normalized spacial score (nSPS) is 11.7. The number of aromatic nitrogens is 1. The van der Waals surface area contributed by atoms with Gasteiger partial charge < -0.3 is 15.8 Å². The number of ether oxygens (including phenoxy) is 1. The molecule has 1 amide bonds. The number of fused-ring (bicyclic) bond motifs is 1. The number of methoxy groups -OCH3 is 1. The van der Waals surface area contributed by atoms with E-state index in [9.17, 15) is 13.2 Å². The third kappa shape index (κ3) is 4.38. The van der Waals surface area contributed by atoms with E-state index < -0.39 is 21.5 Å². The molecule has 9 heteroatoms. The molecule has 2 aromatic rings. The highest BCUT2D eigenvalue weighted by Crippen LogP contribution is 2.27. The van der Waals surface area contributed by atoms with Crippen LogP contribution in [-0.4, -0.2) is 44.5 Å². The van der Waals surface area contributed by atoms with E-state index in [-0.39, 0.29) is 12.4 Å². The van der Waals surface area contributed by atoms with Gasteiger partial charge >= 0.3 is 0 Å². The minimum Gasteiger partial charge on any atom is -0.399 e. The number of hydrogen-bond acceptors (Lipinski definition) is 7. The van der Waals surface area contributed by atoms with Crippen molar-refractivity contribution < 1.29 is 17.9 Å². The summed E-state index contributed by atoms with van der Waals surface area (Å²) in [5.74, 6) is -1.39. The first-order valence-electron chi connectivity index (χ1n) is 6.05. The number of sulfone groups is 1. The number of hydrogen-bond donors (Lipinski definition) is 2. The number of nitrogen functional groups attached to an aromatic ring is 1. The van der Waals surface area contributed by atoms with Gasteiger partial charge in [0, 0.05) is 12.8 Å². The van der Waals surface area contributed by atoms with Gasteiger partial charge in [-0.05, 0) is 18.2 Å². The second-order valence-corrected chi connectivity index (χ2v) is 7.59. The lowest BCUT2D eigenvalue weighted by atomic mass is 10.3. The maximum absolute atomic E-state index is 11.7. The van der Waals surface area contributed by atoms with Crippen LogP contribution in [0, 0.1) is 0 Å². The van der Waals surface area contributed by atoms with Gasteiger partial charge in [0.05, 0.1) is 22.6 Å². The molecule has 0 radical (unpaired) electrons. The third-order valence-corrected chi connectivity index (χ3v) is 5.03. The molecule has 0 saturated heterocycles. The van der Waals surface area contributed by atoms with Gasteiger partial charge in [-0.15, -0.1) is 0 Å². The number of anilines is 2. The van der Waals surface area contributed by atoms with E-state index in [1.54, 1.807) is 18.2 Å². The Morgan fingerprint density at radius 2 is 2.24 bits per heavy atom. The van der Waals surface area contributed by atoms with Crippen molar-refractivity contribution >= 4 is 48.1 Å². The minimum atomic E-state index is -3.48. The summed E-state index contributed by atoms with van der Waals surface area (Å²) in [7, 11) is -2.07. The zero-order valence-corrected chi connectivity index (χ0v) is 13.0. The second-order valence-electron chi connectivity index (χ2n) is 4.38. The summed E-state index contributed by atoms with van der Waals surface area (Å²) in [5.41, 5.74) is 6.97. The predicted octanol–water partition coefficient (Wildman–Crippen LogP) is 0.878. The number of thiazole rings is 1. The topological polar surface area (TPSA) is 111 Å². The zero-order valence-electron chi connectivity index (χ0n) is 11.3. The molecule has 7 nitrogen and oxygen atoms in total. The summed E-state index contributed by atoms with van der Waals surface area (Å²) in [6.07, 6.45) is 0. The van der Waals surface area contributed by atoms with Gasteiger partial charge in [-0.1, -0.05) is 11.3 Å². The van der Waals surface area contributed by atoms with E-state index in [4.69, 9.17) is 10.5 Å². The van der Waals surface area contributed by atoms with Crippen LogP contribution in [0.2, 0.25) is 0 Å². The maximum atomic E-state index is 11.7. The highest BCUT2D eigenvalue weighted by atomic mass is 32.2. The minimum absolute atomic E-state index is 0.0655. The largest absolute Gasteiger partial charge is 0.399 e. The molecule has 0 unspecified atom stereocenters. The average Bonchev–Trinajstić information content (AvgIpc) is 2.76. The Kier molecular flexibility index (Phi) is 4.76. The monoisotopic (exact) mass is 329 g/mol. The summed E-state index contributed by atoms with van der Waals surface area (Å²) in [6.45, 7) is 0.0655. The van der Waals surface area contributed by atoms with Crippen molar-refractivity contribution in [3.63, 3.8) is 0 Å². The molecule has 0 aliphatic rings. The van der Waals surface area contributed by atoms with Gasteiger partial charge in [0.1, 0.15) is 5.75 Å². The first-order chi connectivity index (χ1) is 9.89. The average molecular weight is 329 g/mol. The second kappa shape index (κ2) is 6.37. The molecule has 2 rings (SSSR count). The van der Waals surface area contributed by atoms with Crippen LogP contribution in [0.3, 0.4) is 0 Å². The van der Waals surface area contributed by atoms with Crippen LogP contribution in [0.4, 0.5) is 10.8 Å². The first-order valence-corrected chi connectivity index (χ1v) is 8.69. The molecule has 0 spiro atoms. The van der Waals surface area contributed by atoms with Crippen LogP contribution in [0.15, 0.2) is 18.2 Å².